The Hall–Kier alpha value is -1.26. The van der Waals surface area contributed by atoms with Gasteiger partial charge in [0.15, 0.2) is 0 Å². The topological polar surface area (TPSA) is 52.7 Å². The number of amides is 3. The summed E-state index contributed by atoms with van der Waals surface area (Å²) in [6.45, 7) is 8.45. The lowest BCUT2D eigenvalue weighted by Gasteiger charge is -2.34. The van der Waals surface area contributed by atoms with E-state index in [4.69, 9.17) is 0 Å². The second-order valence-electron chi connectivity index (χ2n) is 3.97. The lowest BCUT2D eigenvalue weighted by atomic mass is 10.2. The summed E-state index contributed by atoms with van der Waals surface area (Å²) in [6, 6.07) is -0.487. The third-order valence-corrected chi connectivity index (χ3v) is 3.01. The number of hydrogen-bond acceptors (Lipinski definition) is 2. The fourth-order valence-corrected chi connectivity index (χ4v) is 1.95. The Kier molecular flexibility index (Phi) is 4.58. The minimum absolute atomic E-state index is 0.0297. The van der Waals surface area contributed by atoms with Gasteiger partial charge >= 0.3 is 6.03 Å². The molecule has 1 unspecified atom stereocenters. The van der Waals surface area contributed by atoms with Gasteiger partial charge in [-0.1, -0.05) is 0 Å². The lowest BCUT2D eigenvalue weighted by Crippen LogP contribution is -2.55. The number of carbonyl (C=O) groups excluding carboxylic acids is 2. The monoisotopic (exact) mass is 227 g/mol. The summed E-state index contributed by atoms with van der Waals surface area (Å²) in [6.07, 6.45) is 0.904. The highest BCUT2D eigenvalue weighted by atomic mass is 16.2. The molecule has 92 valence electrons. The molecule has 16 heavy (non-hydrogen) atoms. The highest BCUT2D eigenvalue weighted by molar-refractivity contribution is 5.87. The molecule has 1 saturated heterocycles. The van der Waals surface area contributed by atoms with Crippen molar-refractivity contribution < 1.29 is 9.59 Å². The third kappa shape index (κ3) is 2.65. The third-order valence-electron chi connectivity index (χ3n) is 3.01. The molecule has 0 spiro atoms. The van der Waals surface area contributed by atoms with Crippen molar-refractivity contribution in [3.05, 3.63) is 0 Å². The van der Waals surface area contributed by atoms with Crippen molar-refractivity contribution in [1.29, 1.82) is 0 Å². The number of hydrogen-bond donors (Lipinski definition) is 1. The van der Waals surface area contributed by atoms with Crippen LogP contribution in [-0.2, 0) is 4.79 Å². The van der Waals surface area contributed by atoms with Crippen LogP contribution in [0, 0.1) is 0 Å². The van der Waals surface area contributed by atoms with Gasteiger partial charge in [-0.25, -0.2) is 4.79 Å². The van der Waals surface area contributed by atoms with Crippen LogP contribution in [0.5, 0.6) is 0 Å². The van der Waals surface area contributed by atoms with Gasteiger partial charge in [0, 0.05) is 26.2 Å². The Bertz CT molecular complexity index is 264. The Morgan fingerprint density at radius 3 is 2.62 bits per heavy atom. The van der Waals surface area contributed by atoms with Crippen molar-refractivity contribution in [2.45, 2.75) is 33.2 Å². The standard InChI is InChI=1S/C11H21N3O2/c1-4-13(5-2)10(15)9(3)14-8-6-7-12-11(14)16/h9H,4-8H2,1-3H3,(H,12,16). The Morgan fingerprint density at radius 1 is 1.50 bits per heavy atom. The van der Waals surface area contributed by atoms with Crippen LogP contribution in [-0.4, -0.2) is 54.0 Å². The first-order chi connectivity index (χ1) is 7.61. The smallest absolute Gasteiger partial charge is 0.318 e. The quantitative estimate of drug-likeness (QED) is 0.767. The molecule has 1 heterocycles. The summed E-state index contributed by atoms with van der Waals surface area (Å²) in [5, 5.41) is 2.76. The first-order valence-electron chi connectivity index (χ1n) is 5.95. The molecular weight excluding hydrogens is 206 g/mol. The molecule has 0 saturated carbocycles. The molecular formula is C11H21N3O2. The van der Waals surface area contributed by atoms with E-state index in [0.29, 0.717) is 26.2 Å². The zero-order chi connectivity index (χ0) is 12.1. The fourth-order valence-electron chi connectivity index (χ4n) is 1.95. The van der Waals surface area contributed by atoms with Crippen LogP contribution in [0.25, 0.3) is 0 Å². The van der Waals surface area contributed by atoms with E-state index >= 15 is 0 Å². The van der Waals surface area contributed by atoms with Gasteiger partial charge in [-0.05, 0) is 27.2 Å². The second-order valence-corrected chi connectivity index (χ2v) is 3.97. The van der Waals surface area contributed by atoms with Crippen molar-refractivity contribution in [3.8, 4) is 0 Å². The summed E-state index contributed by atoms with van der Waals surface area (Å²) in [5.41, 5.74) is 0. The molecule has 1 fully saturated rings. The van der Waals surface area contributed by atoms with Crippen LogP contribution in [0.1, 0.15) is 27.2 Å². The van der Waals surface area contributed by atoms with E-state index in [9.17, 15) is 9.59 Å². The van der Waals surface area contributed by atoms with Crippen LogP contribution in [0.15, 0.2) is 0 Å². The normalized spacial score (nSPS) is 17.9. The Balaban J connectivity index is 2.64. The van der Waals surface area contributed by atoms with E-state index in [-0.39, 0.29) is 18.0 Å². The van der Waals surface area contributed by atoms with Gasteiger partial charge in [-0.2, -0.15) is 0 Å². The van der Waals surface area contributed by atoms with Gasteiger partial charge in [0.2, 0.25) is 5.91 Å². The molecule has 1 rings (SSSR count). The first kappa shape index (κ1) is 12.8. The predicted octanol–water partition coefficient (Wildman–Crippen LogP) is 0.659. The molecule has 5 nitrogen and oxygen atoms in total. The average molecular weight is 227 g/mol. The zero-order valence-electron chi connectivity index (χ0n) is 10.3. The highest BCUT2D eigenvalue weighted by Crippen LogP contribution is 2.08. The van der Waals surface area contributed by atoms with Crippen molar-refractivity contribution in [3.63, 3.8) is 0 Å². The summed E-state index contributed by atoms with van der Waals surface area (Å²) in [4.78, 5) is 27.0. The van der Waals surface area contributed by atoms with Gasteiger partial charge in [-0.15, -0.1) is 0 Å². The highest BCUT2D eigenvalue weighted by Gasteiger charge is 2.29. The minimum atomic E-state index is -0.361. The maximum absolute atomic E-state index is 12.1. The molecule has 0 aliphatic carbocycles. The van der Waals surface area contributed by atoms with Gasteiger partial charge in [-0.3, -0.25) is 4.79 Å². The van der Waals surface area contributed by atoms with Crippen LogP contribution in [0.4, 0.5) is 4.79 Å². The van der Waals surface area contributed by atoms with Crippen LogP contribution in [0.3, 0.4) is 0 Å². The van der Waals surface area contributed by atoms with Gasteiger partial charge < -0.3 is 15.1 Å². The Morgan fingerprint density at radius 2 is 2.12 bits per heavy atom. The van der Waals surface area contributed by atoms with Crippen molar-refractivity contribution in [2.75, 3.05) is 26.2 Å². The Labute approximate surface area is 96.8 Å². The van der Waals surface area contributed by atoms with E-state index in [2.05, 4.69) is 5.32 Å². The first-order valence-corrected chi connectivity index (χ1v) is 5.95. The van der Waals surface area contributed by atoms with Gasteiger partial charge in [0.05, 0.1) is 0 Å². The minimum Gasteiger partial charge on any atom is -0.341 e. The van der Waals surface area contributed by atoms with Crippen molar-refractivity contribution in [2.24, 2.45) is 0 Å². The molecule has 0 aromatic rings. The van der Waals surface area contributed by atoms with E-state index in [1.54, 1.807) is 16.7 Å². The maximum atomic E-state index is 12.1. The summed E-state index contributed by atoms with van der Waals surface area (Å²) < 4.78 is 0. The van der Waals surface area contributed by atoms with E-state index in [1.807, 2.05) is 13.8 Å². The zero-order valence-corrected chi connectivity index (χ0v) is 10.3. The maximum Gasteiger partial charge on any atom is 0.318 e. The van der Waals surface area contributed by atoms with Gasteiger partial charge in [0.1, 0.15) is 6.04 Å². The van der Waals surface area contributed by atoms with Crippen LogP contribution >= 0.6 is 0 Å². The molecule has 1 aliphatic heterocycles. The van der Waals surface area contributed by atoms with Gasteiger partial charge in [0.25, 0.3) is 0 Å². The summed E-state index contributed by atoms with van der Waals surface area (Å²) in [7, 11) is 0. The molecule has 0 bridgehead atoms. The molecule has 0 aromatic carbocycles. The van der Waals surface area contributed by atoms with Crippen molar-refractivity contribution >= 4 is 11.9 Å². The molecule has 5 heteroatoms. The summed E-state index contributed by atoms with van der Waals surface area (Å²) >= 11 is 0. The number of urea groups is 1. The molecule has 1 atom stereocenters. The summed E-state index contributed by atoms with van der Waals surface area (Å²) in [5.74, 6) is 0.0297. The number of nitrogens with zero attached hydrogens (tertiary/aromatic N) is 2. The molecule has 0 aromatic heterocycles. The van der Waals surface area contributed by atoms with E-state index < -0.39 is 0 Å². The number of likely N-dealkylation sites (N-methyl/N-ethyl adjacent to an activating group) is 1. The number of rotatable bonds is 4. The number of nitrogens with one attached hydrogen (secondary N) is 1. The predicted molar refractivity (Wildman–Crippen MR) is 62.1 cm³/mol. The average Bonchev–Trinajstić information content (AvgIpc) is 2.30. The lowest BCUT2D eigenvalue weighted by molar-refractivity contribution is -0.135. The largest absolute Gasteiger partial charge is 0.341 e. The van der Waals surface area contributed by atoms with E-state index in [1.165, 1.54) is 0 Å². The SMILES string of the molecule is CCN(CC)C(=O)C(C)N1CCCNC1=O. The molecule has 1 N–H and O–H groups in total. The fraction of sp³-hybridized carbons (Fsp3) is 0.818. The molecule has 1 aliphatic rings. The van der Waals surface area contributed by atoms with E-state index in [0.717, 1.165) is 6.42 Å². The number of carbonyl (C=O) groups is 2. The van der Waals surface area contributed by atoms with Crippen LogP contribution < -0.4 is 5.32 Å². The molecule has 0 radical (unpaired) electrons. The van der Waals surface area contributed by atoms with Crippen LogP contribution in [0.2, 0.25) is 0 Å². The molecule has 3 amide bonds. The second kappa shape index (κ2) is 5.72. The van der Waals surface area contributed by atoms with Crippen molar-refractivity contribution in [1.82, 2.24) is 15.1 Å².